The Hall–Kier alpha value is -3.22. The average molecular weight is 314 g/mol. The molecule has 0 saturated carbocycles. The number of anilines is 1. The number of fused-ring (bicyclic) bond motifs is 1. The number of para-hydroxylation sites is 1. The summed E-state index contributed by atoms with van der Waals surface area (Å²) < 4.78 is 15.4. The van der Waals surface area contributed by atoms with E-state index in [-0.39, 0.29) is 12.5 Å². The van der Waals surface area contributed by atoms with Gasteiger partial charge in [0.05, 0.1) is 12.8 Å². The zero-order valence-electron chi connectivity index (χ0n) is 12.3. The number of carbonyl (C=O) groups excluding carboxylic acids is 1. The first-order valence-electron chi connectivity index (χ1n) is 6.84. The molecule has 7 heteroatoms. The van der Waals surface area contributed by atoms with Gasteiger partial charge in [-0.2, -0.15) is 0 Å². The van der Waals surface area contributed by atoms with Crippen LogP contribution in [0, 0.1) is 0 Å². The fraction of sp³-hybridized carbons (Fsp3) is 0.125. The van der Waals surface area contributed by atoms with Gasteiger partial charge in [0.25, 0.3) is 5.91 Å². The van der Waals surface area contributed by atoms with E-state index in [1.165, 1.54) is 0 Å². The van der Waals surface area contributed by atoms with Crippen molar-refractivity contribution in [1.29, 1.82) is 0 Å². The topological polar surface area (TPSA) is 93.6 Å². The fourth-order valence-corrected chi connectivity index (χ4v) is 2.10. The summed E-state index contributed by atoms with van der Waals surface area (Å²) in [7, 11) is 1.55. The predicted molar refractivity (Wildman–Crippen MR) is 84.0 cm³/mol. The first kappa shape index (κ1) is 14.7. The summed E-state index contributed by atoms with van der Waals surface area (Å²) in [5.41, 5.74) is 1.27. The number of aromatic amines is 1. The van der Waals surface area contributed by atoms with Gasteiger partial charge in [-0.3, -0.25) is 9.78 Å². The van der Waals surface area contributed by atoms with Crippen LogP contribution in [0.4, 0.5) is 5.69 Å². The number of amides is 1. The SMILES string of the molecule is COc1cccc(OCC(=O)Nc2cccc3oc(=O)[nH]c23)c1. The Labute approximate surface area is 130 Å². The Bertz CT molecular complexity index is 897. The van der Waals surface area contributed by atoms with Gasteiger partial charge in [-0.25, -0.2) is 4.79 Å². The van der Waals surface area contributed by atoms with E-state index in [1.54, 1.807) is 49.6 Å². The Morgan fingerprint density at radius 3 is 2.83 bits per heavy atom. The standard InChI is InChI=1S/C16H14N2O5/c1-21-10-4-2-5-11(8-10)22-9-14(19)17-12-6-3-7-13-15(12)18-16(20)23-13/h2-8H,9H2,1H3,(H,17,19)(H,18,20). The molecule has 0 atom stereocenters. The molecule has 0 bridgehead atoms. The highest BCUT2D eigenvalue weighted by molar-refractivity contribution is 5.99. The predicted octanol–water partition coefficient (Wildman–Crippen LogP) is 2.15. The highest BCUT2D eigenvalue weighted by atomic mass is 16.5. The van der Waals surface area contributed by atoms with Gasteiger partial charge in [0, 0.05) is 6.07 Å². The molecular weight excluding hydrogens is 300 g/mol. The molecule has 0 unspecified atom stereocenters. The maximum absolute atomic E-state index is 12.0. The summed E-state index contributed by atoms with van der Waals surface area (Å²) in [6.07, 6.45) is 0. The maximum Gasteiger partial charge on any atom is 0.417 e. The van der Waals surface area contributed by atoms with Crippen molar-refractivity contribution in [2.45, 2.75) is 0 Å². The van der Waals surface area contributed by atoms with Crippen molar-refractivity contribution in [2.24, 2.45) is 0 Å². The third-order valence-electron chi connectivity index (χ3n) is 3.14. The maximum atomic E-state index is 12.0. The van der Waals surface area contributed by atoms with E-state index in [1.807, 2.05) is 0 Å². The highest BCUT2D eigenvalue weighted by Crippen LogP contribution is 2.21. The van der Waals surface area contributed by atoms with E-state index in [9.17, 15) is 9.59 Å². The van der Waals surface area contributed by atoms with Crippen LogP contribution in [0.15, 0.2) is 51.7 Å². The van der Waals surface area contributed by atoms with E-state index in [2.05, 4.69) is 10.3 Å². The number of H-pyrrole nitrogens is 1. The lowest BCUT2D eigenvalue weighted by molar-refractivity contribution is -0.118. The van der Waals surface area contributed by atoms with Crippen LogP contribution in [0.2, 0.25) is 0 Å². The molecule has 2 aromatic carbocycles. The number of benzene rings is 2. The molecular formula is C16H14N2O5. The van der Waals surface area contributed by atoms with Gasteiger partial charge >= 0.3 is 5.76 Å². The monoisotopic (exact) mass is 314 g/mol. The molecule has 7 nitrogen and oxygen atoms in total. The zero-order chi connectivity index (χ0) is 16.2. The zero-order valence-corrected chi connectivity index (χ0v) is 12.3. The van der Waals surface area contributed by atoms with Crippen LogP contribution < -0.4 is 20.5 Å². The molecule has 0 saturated heterocycles. The third-order valence-corrected chi connectivity index (χ3v) is 3.14. The van der Waals surface area contributed by atoms with Crippen LogP contribution in [0.3, 0.4) is 0 Å². The van der Waals surface area contributed by atoms with E-state index >= 15 is 0 Å². The lowest BCUT2D eigenvalue weighted by Gasteiger charge is -2.08. The van der Waals surface area contributed by atoms with Gasteiger partial charge in [-0.1, -0.05) is 12.1 Å². The molecule has 118 valence electrons. The minimum atomic E-state index is -0.575. The fourth-order valence-electron chi connectivity index (χ4n) is 2.10. The highest BCUT2D eigenvalue weighted by Gasteiger charge is 2.10. The lowest BCUT2D eigenvalue weighted by Crippen LogP contribution is -2.20. The number of nitrogens with one attached hydrogen (secondary N) is 2. The number of ether oxygens (including phenoxy) is 2. The summed E-state index contributed by atoms with van der Waals surface area (Å²) in [5.74, 6) is 0.231. The van der Waals surface area contributed by atoms with E-state index < -0.39 is 5.76 Å². The van der Waals surface area contributed by atoms with Crippen LogP contribution in [-0.2, 0) is 4.79 Å². The Kier molecular flexibility index (Phi) is 4.01. The quantitative estimate of drug-likeness (QED) is 0.752. The van der Waals surface area contributed by atoms with E-state index in [0.29, 0.717) is 28.3 Å². The molecule has 1 heterocycles. The number of methoxy groups -OCH3 is 1. The molecule has 1 amide bonds. The normalized spacial score (nSPS) is 10.5. The molecule has 0 aliphatic rings. The van der Waals surface area contributed by atoms with Crippen LogP contribution in [0.1, 0.15) is 0 Å². The first-order chi connectivity index (χ1) is 11.2. The van der Waals surface area contributed by atoms with Gasteiger partial charge < -0.3 is 19.2 Å². The smallest absolute Gasteiger partial charge is 0.417 e. The van der Waals surface area contributed by atoms with E-state index in [4.69, 9.17) is 13.9 Å². The molecule has 1 aromatic heterocycles. The molecule has 3 aromatic rings. The summed E-state index contributed by atoms with van der Waals surface area (Å²) in [5, 5.41) is 2.67. The van der Waals surface area contributed by atoms with E-state index in [0.717, 1.165) is 0 Å². The molecule has 0 spiro atoms. The summed E-state index contributed by atoms with van der Waals surface area (Å²) in [6, 6.07) is 11.9. The van der Waals surface area contributed by atoms with Crippen molar-refractivity contribution in [2.75, 3.05) is 19.0 Å². The molecule has 2 N–H and O–H groups in total. The number of aromatic nitrogens is 1. The van der Waals surface area contributed by atoms with Crippen molar-refractivity contribution >= 4 is 22.7 Å². The van der Waals surface area contributed by atoms with Crippen molar-refractivity contribution in [3.05, 3.63) is 53.0 Å². The van der Waals surface area contributed by atoms with Gasteiger partial charge in [0.1, 0.15) is 17.0 Å². The minimum Gasteiger partial charge on any atom is -0.497 e. The van der Waals surface area contributed by atoms with Gasteiger partial charge in [-0.15, -0.1) is 0 Å². The lowest BCUT2D eigenvalue weighted by atomic mass is 10.3. The number of oxazole rings is 1. The minimum absolute atomic E-state index is 0.175. The molecule has 23 heavy (non-hydrogen) atoms. The molecule has 0 aliphatic heterocycles. The van der Waals surface area contributed by atoms with Gasteiger partial charge in [0.2, 0.25) is 0 Å². The van der Waals surface area contributed by atoms with Crippen molar-refractivity contribution < 1.29 is 18.7 Å². The van der Waals surface area contributed by atoms with Gasteiger partial charge in [-0.05, 0) is 24.3 Å². The number of hydrogen-bond donors (Lipinski definition) is 2. The Balaban J connectivity index is 1.67. The number of hydrogen-bond acceptors (Lipinski definition) is 5. The van der Waals surface area contributed by atoms with Crippen LogP contribution in [-0.4, -0.2) is 24.6 Å². The van der Waals surface area contributed by atoms with Crippen LogP contribution in [0.25, 0.3) is 11.1 Å². The van der Waals surface area contributed by atoms with Crippen molar-refractivity contribution in [1.82, 2.24) is 4.98 Å². The molecule has 0 aliphatic carbocycles. The molecule has 3 rings (SSSR count). The molecule has 0 radical (unpaired) electrons. The second-order valence-electron chi connectivity index (χ2n) is 4.71. The van der Waals surface area contributed by atoms with Crippen LogP contribution >= 0.6 is 0 Å². The number of rotatable bonds is 5. The third kappa shape index (κ3) is 3.34. The first-order valence-corrected chi connectivity index (χ1v) is 6.84. The van der Waals surface area contributed by atoms with Crippen molar-refractivity contribution in [3.8, 4) is 11.5 Å². The Morgan fingerprint density at radius 1 is 1.22 bits per heavy atom. The average Bonchev–Trinajstić information content (AvgIpc) is 2.94. The second kappa shape index (κ2) is 6.27. The summed E-state index contributed by atoms with van der Waals surface area (Å²) in [4.78, 5) is 25.8. The number of carbonyl (C=O) groups is 1. The second-order valence-corrected chi connectivity index (χ2v) is 4.71. The summed E-state index contributed by atoms with van der Waals surface area (Å²) >= 11 is 0. The van der Waals surface area contributed by atoms with Crippen LogP contribution in [0.5, 0.6) is 11.5 Å². The summed E-state index contributed by atoms with van der Waals surface area (Å²) in [6.45, 7) is -0.175. The Morgan fingerprint density at radius 2 is 2.00 bits per heavy atom. The molecule has 0 fully saturated rings. The largest absolute Gasteiger partial charge is 0.497 e. The van der Waals surface area contributed by atoms with Gasteiger partial charge in [0.15, 0.2) is 12.2 Å². The van der Waals surface area contributed by atoms with Crippen molar-refractivity contribution in [3.63, 3.8) is 0 Å².